The number of nitrogens with zero attached hydrogens (tertiary/aromatic N) is 2. The third-order valence-electron chi connectivity index (χ3n) is 3.19. The summed E-state index contributed by atoms with van der Waals surface area (Å²) in [6, 6.07) is 2.95. The molecule has 1 aromatic rings. The molecular weight excluding hydrogens is 242 g/mol. The number of aryl methyl sites for hydroxylation is 1. The average Bonchev–Trinajstić information content (AvgIpc) is 2.40. The van der Waals surface area contributed by atoms with E-state index in [1.165, 1.54) is 0 Å². The van der Waals surface area contributed by atoms with Crippen molar-refractivity contribution in [2.24, 2.45) is 0 Å². The number of pyridine rings is 1. The predicted molar refractivity (Wildman–Crippen MR) is 75.1 cm³/mol. The van der Waals surface area contributed by atoms with E-state index in [0.717, 1.165) is 25.3 Å². The van der Waals surface area contributed by atoms with Gasteiger partial charge in [-0.05, 0) is 31.6 Å². The van der Waals surface area contributed by atoms with Crippen molar-refractivity contribution in [1.82, 2.24) is 15.2 Å². The molecule has 1 aromatic heterocycles. The Hall–Kier alpha value is -1.46. The summed E-state index contributed by atoms with van der Waals surface area (Å²) >= 11 is 0. The molecule has 0 fully saturated rings. The van der Waals surface area contributed by atoms with E-state index < -0.39 is 12.0 Å². The van der Waals surface area contributed by atoms with Crippen molar-refractivity contribution in [3.8, 4) is 0 Å². The van der Waals surface area contributed by atoms with Crippen LogP contribution in [0.2, 0.25) is 0 Å². The van der Waals surface area contributed by atoms with E-state index in [2.05, 4.69) is 29.0 Å². The zero-order valence-corrected chi connectivity index (χ0v) is 11.9. The normalized spacial score (nSPS) is 12.6. The van der Waals surface area contributed by atoms with E-state index in [9.17, 15) is 9.90 Å². The van der Waals surface area contributed by atoms with E-state index in [1.807, 2.05) is 19.1 Å². The first kappa shape index (κ1) is 15.6. The maximum Gasteiger partial charge on any atom is 0.325 e. The highest BCUT2D eigenvalue weighted by atomic mass is 16.4. The van der Waals surface area contributed by atoms with Gasteiger partial charge < -0.3 is 10.0 Å². The summed E-state index contributed by atoms with van der Waals surface area (Å²) in [6.07, 6.45) is 1.62. The molecule has 2 N–H and O–H groups in total. The summed E-state index contributed by atoms with van der Waals surface area (Å²) in [4.78, 5) is 17.7. The summed E-state index contributed by atoms with van der Waals surface area (Å²) in [5.74, 6) is -0.870. The van der Waals surface area contributed by atoms with E-state index >= 15 is 0 Å². The number of aliphatic carboxylic acids is 1. The van der Waals surface area contributed by atoms with Crippen molar-refractivity contribution in [3.63, 3.8) is 0 Å². The van der Waals surface area contributed by atoms with Gasteiger partial charge in [0.2, 0.25) is 0 Å². The minimum Gasteiger partial charge on any atom is -0.480 e. The van der Waals surface area contributed by atoms with Gasteiger partial charge in [0.25, 0.3) is 0 Å². The van der Waals surface area contributed by atoms with Gasteiger partial charge in [0.05, 0.1) is 0 Å². The first-order valence-electron chi connectivity index (χ1n) is 6.69. The minimum absolute atomic E-state index is 0.645. The summed E-state index contributed by atoms with van der Waals surface area (Å²) in [5, 5.41) is 12.3. The highest BCUT2D eigenvalue weighted by molar-refractivity contribution is 5.75. The van der Waals surface area contributed by atoms with Crippen LogP contribution in [0.3, 0.4) is 0 Å². The lowest BCUT2D eigenvalue weighted by molar-refractivity contribution is -0.139. The molecule has 0 saturated heterocycles. The molecule has 1 heterocycles. The molecule has 0 aromatic carbocycles. The van der Waals surface area contributed by atoms with E-state index in [-0.39, 0.29) is 0 Å². The predicted octanol–water partition coefficient (Wildman–Crippen LogP) is 1.45. The van der Waals surface area contributed by atoms with Crippen LogP contribution in [0.5, 0.6) is 0 Å². The lowest BCUT2D eigenvalue weighted by Crippen LogP contribution is -2.36. The van der Waals surface area contributed by atoms with Crippen LogP contribution in [-0.2, 0) is 4.79 Å². The minimum atomic E-state index is -0.870. The summed E-state index contributed by atoms with van der Waals surface area (Å²) < 4.78 is 0. The molecule has 0 aliphatic heterocycles. The highest BCUT2D eigenvalue weighted by Gasteiger charge is 2.19. The number of carboxylic acid groups (broad SMARTS) is 1. The second-order valence-electron chi connectivity index (χ2n) is 4.49. The van der Waals surface area contributed by atoms with Crippen LogP contribution in [0.25, 0.3) is 0 Å². The maximum absolute atomic E-state index is 11.3. The highest BCUT2D eigenvalue weighted by Crippen LogP contribution is 2.12. The second-order valence-corrected chi connectivity index (χ2v) is 4.49. The fourth-order valence-electron chi connectivity index (χ4n) is 1.90. The Morgan fingerprint density at radius 2 is 2.11 bits per heavy atom. The van der Waals surface area contributed by atoms with Gasteiger partial charge in [0.15, 0.2) is 0 Å². The molecule has 0 bridgehead atoms. The fraction of sp³-hybridized carbons (Fsp3) is 0.571. The number of rotatable bonds is 8. The molecule has 0 amide bonds. The van der Waals surface area contributed by atoms with Crippen molar-refractivity contribution in [1.29, 1.82) is 0 Å². The molecule has 1 unspecified atom stereocenters. The lowest BCUT2D eigenvalue weighted by Gasteiger charge is -2.20. The first-order chi connectivity index (χ1) is 9.08. The smallest absolute Gasteiger partial charge is 0.325 e. The van der Waals surface area contributed by atoms with Crippen molar-refractivity contribution in [2.75, 3.05) is 26.2 Å². The number of likely N-dealkylation sites (N-methyl/N-ethyl adjacent to an activating group) is 1. The third kappa shape index (κ3) is 4.96. The largest absolute Gasteiger partial charge is 0.480 e. The molecule has 19 heavy (non-hydrogen) atoms. The second kappa shape index (κ2) is 7.86. The molecular formula is C14H23N3O2. The average molecular weight is 265 g/mol. The molecule has 0 saturated carbocycles. The van der Waals surface area contributed by atoms with Gasteiger partial charge in [-0.1, -0.05) is 19.9 Å². The van der Waals surface area contributed by atoms with Crippen molar-refractivity contribution >= 4 is 5.97 Å². The van der Waals surface area contributed by atoms with Gasteiger partial charge >= 0.3 is 5.97 Å². The van der Waals surface area contributed by atoms with Crippen LogP contribution in [0, 0.1) is 6.92 Å². The quantitative estimate of drug-likeness (QED) is 0.744. The molecule has 1 rings (SSSR count). The van der Waals surface area contributed by atoms with Gasteiger partial charge in [0, 0.05) is 25.0 Å². The van der Waals surface area contributed by atoms with Gasteiger partial charge in [-0.15, -0.1) is 0 Å². The Morgan fingerprint density at radius 3 is 2.58 bits per heavy atom. The molecule has 106 valence electrons. The number of nitrogens with one attached hydrogen (secondary N) is 1. The SMILES string of the molecule is CCN(CC)CCNC(C(=O)O)c1ccc(C)nc1. The number of carboxylic acids is 1. The monoisotopic (exact) mass is 265 g/mol. The molecule has 0 spiro atoms. The van der Waals surface area contributed by atoms with Crippen molar-refractivity contribution in [2.45, 2.75) is 26.8 Å². The van der Waals surface area contributed by atoms with Crippen LogP contribution in [0.4, 0.5) is 0 Å². The summed E-state index contributed by atoms with van der Waals surface area (Å²) in [5.41, 5.74) is 1.58. The maximum atomic E-state index is 11.3. The Bertz CT molecular complexity index is 388. The fourth-order valence-corrected chi connectivity index (χ4v) is 1.90. The molecule has 0 aliphatic rings. The van der Waals surface area contributed by atoms with E-state index in [1.54, 1.807) is 6.20 Å². The lowest BCUT2D eigenvalue weighted by atomic mass is 10.1. The number of aromatic nitrogens is 1. The third-order valence-corrected chi connectivity index (χ3v) is 3.19. The van der Waals surface area contributed by atoms with E-state index in [4.69, 9.17) is 0 Å². The molecule has 1 atom stereocenters. The molecule has 0 aliphatic carbocycles. The Kier molecular flexibility index (Phi) is 6.45. The Labute approximate surface area is 114 Å². The van der Waals surface area contributed by atoms with Crippen molar-refractivity contribution < 1.29 is 9.90 Å². The van der Waals surface area contributed by atoms with Crippen LogP contribution in [0.15, 0.2) is 18.3 Å². The van der Waals surface area contributed by atoms with Gasteiger partial charge in [-0.3, -0.25) is 15.1 Å². The van der Waals surface area contributed by atoms with Crippen LogP contribution in [-0.4, -0.2) is 47.1 Å². The van der Waals surface area contributed by atoms with Gasteiger partial charge in [-0.2, -0.15) is 0 Å². The zero-order chi connectivity index (χ0) is 14.3. The van der Waals surface area contributed by atoms with E-state index in [0.29, 0.717) is 12.1 Å². The van der Waals surface area contributed by atoms with Gasteiger partial charge in [-0.25, -0.2) is 0 Å². The standard InChI is InChI=1S/C14H23N3O2/c1-4-17(5-2)9-8-15-13(14(18)19)12-7-6-11(3)16-10-12/h6-7,10,13,15H,4-5,8-9H2,1-3H3,(H,18,19). The Morgan fingerprint density at radius 1 is 1.42 bits per heavy atom. The number of carbonyl (C=O) groups is 1. The number of hydrogen-bond donors (Lipinski definition) is 2. The molecule has 5 heteroatoms. The zero-order valence-electron chi connectivity index (χ0n) is 11.9. The molecule has 0 radical (unpaired) electrons. The molecule has 5 nitrogen and oxygen atoms in total. The van der Waals surface area contributed by atoms with Crippen LogP contribution in [0.1, 0.15) is 31.1 Å². The van der Waals surface area contributed by atoms with Crippen LogP contribution >= 0.6 is 0 Å². The number of hydrogen-bond acceptors (Lipinski definition) is 4. The summed E-state index contributed by atoms with van der Waals surface area (Å²) in [6.45, 7) is 9.52. The van der Waals surface area contributed by atoms with Gasteiger partial charge in [0.1, 0.15) is 6.04 Å². The van der Waals surface area contributed by atoms with Crippen molar-refractivity contribution in [3.05, 3.63) is 29.6 Å². The Balaban J connectivity index is 2.59. The summed E-state index contributed by atoms with van der Waals surface area (Å²) in [7, 11) is 0. The first-order valence-corrected chi connectivity index (χ1v) is 6.69. The topological polar surface area (TPSA) is 65.5 Å². The van der Waals surface area contributed by atoms with Crippen LogP contribution < -0.4 is 5.32 Å².